The number of amides is 1. The molecule has 0 aliphatic heterocycles. The molecular formula is C18H16FN3O3. The lowest BCUT2D eigenvalue weighted by molar-refractivity contribution is 0.0949. The van der Waals surface area contributed by atoms with Crippen LogP contribution in [0.1, 0.15) is 16.2 Å². The lowest BCUT2D eigenvalue weighted by atomic mass is 10.2. The average Bonchev–Trinajstić information content (AvgIpc) is 3.11. The SMILES string of the molecule is COc1ccc(-c2nc(CCNC(=O)c3ccc(F)cn3)co2)cc1. The molecule has 128 valence electrons. The van der Waals surface area contributed by atoms with Gasteiger partial charge in [-0.15, -0.1) is 0 Å². The quantitative estimate of drug-likeness (QED) is 0.746. The highest BCUT2D eigenvalue weighted by Gasteiger charge is 2.09. The number of hydrogen-bond donors (Lipinski definition) is 1. The van der Waals surface area contributed by atoms with Crippen LogP contribution in [0.3, 0.4) is 0 Å². The number of carbonyl (C=O) groups is 1. The van der Waals surface area contributed by atoms with E-state index in [2.05, 4.69) is 15.3 Å². The first-order chi connectivity index (χ1) is 12.2. The van der Waals surface area contributed by atoms with Gasteiger partial charge in [-0.3, -0.25) is 4.79 Å². The van der Waals surface area contributed by atoms with Crippen molar-refractivity contribution >= 4 is 5.91 Å². The molecule has 2 aromatic heterocycles. The van der Waals surface area contributed by atoms with Crippen LogP contribution in [0, 0.1) is 5.82 Å². The Morgan fingerprint density at radius 1 is 1.24 bits per heavy atom. The number of benzene rings is 1. The second-order valence-corrected chi connectivity index (χ2v) is 5.24. The lowest BCUT2D eigenvalue weighted by Gasteiger charge is -2.02. The molecule has 0 saturated carbocycles. The van der Waals surface area contributed by atoms with Crippen LogP contribution in [0.15, 0.2) is 53.3 Å². The van der Waals surface area contributed by atoms with E-state index in [1.807, 2.05) is 24.3 Å². The van der Waals surface area contributed by atoms with Crippen LogP contribution < -0.4 is 10.1 Å². The van der Waals surface area contributed by atoms with Gasteiger partial charge < -0.3 is 14.5 Å². The molecule has 2 heterocycles. The third-order valence-corrected chi connectivity index (χ3v) is 3.52. The Morgan fingerprint density at radius 3 is 2.72 bits per heavy atom. The van der Waals surface area contributed by atoms with E-state index < -0.39 is 5.82 Å². The summed E-state index contributed by atoms with van der Waals surface area (Å²) in [6, 6.07) is 9.90. The van der Waals surface area contributed by atoms with Crippen LogP contribution in [0.25, 0.3) is 11.5 Å². The highest BCUT2D eigenvalue weighted by molar-refractivity contribution is 5.92. The molecule has 0 saturated heterocycles. The van der Waals surface area contributed by atoms with Gasteiger partial charge in [-0.25, -0.2) is 14.4 Å². The number of nitrogens with zero attached hydrogens (tertiary/aromatic N) is 2. The Labute approximate surface area is 143 Å². The zero-order chi connectivity index (χ0) is 17.6. The van der Waals surface area contributed by atoms with Crippen molar-refractivity contribution in [3.8, 4) is 17.2 Å². The van der Waals surface area contributed by atoms with Crippen molar-refractivity contribution in [1.29, 1.82) is 0 Å². The average molecular weight is 341 g/mol. The summed E-state index contributed by atoms with van der Waals surface area (Å²) in [5, 5.41) is 2.71. The van der Waals surface area contributed by atoms with Gasteiger partial charge in [0.1, 0.15) is 23.5 Å². The van der Waals surface area contributed by atoms with Crippen LogP contribution in [-0.2, 0) is 6.42 Å². The molecule has 1 aromatic carbocycles. The van der Waals surface area contributed by atoms with Crippen LogP contribution in [-0.4, -0.2) is 29.5 Å². The van der Waals surface area contributed by atoms with E-state index in [1.165, 1.54) is 12.1 Å². The topological polar surface area (TPSA) is 77.2 Å². The van der Waals surface area contributed by atoms with Crippen molar-refractivity contribution in [2.45, 2.75) is 6.42 Å². The maximum Gasteiger partial charge on any atom is 0.269 e. The fraction of sp³-hybridized carbons (Fsp3) is 0.167. The molecule has 0 aliphatic rings. The maximum atomic E-state index is 12.8. The number of pyridine rings is 1. The lowest BCUT2D eigenvalue weighted by Crippen LogP contribution is -2.26. The van der Waals surface area contributed by atoms with Gasteiger partial charge in [-0.1, -0.05) is 0 Å². The summed E-state index contributed by atoms with van der Waals surface area (Å²) in [5.74, 6) is 0.418. The van der Waals surface area contributed by atoms with Crippen LogP contribution >= 0.6 is 0 Å². The van der Waals surface area contributed by atoms with Gasteiger partial charge in [0.05, 0.1) is 19.0 Å². The molecule has 0 atom stereocenters. The van der Waals surface area contributed by atoms with E-state index in [0.29, 0.717) is 18.9 Å². The summed E-state index contributed by atoms with van der Waals surface area (Å²) >= 11 is 0. The summed E-state index contributed by atoms with van der Waals surface area (Å²) in [4.78, 5) is 20.0. The third kappa shape index (κ3) is 4.20. The summed E-state index contributed by atoms with van der Waals surface area (Å²) in [7, 11) is 1.61. The smallest absolute Gasteiger partial charge is 0.269 e. The minimum Gasteiger partial charge on any atom is -0.497 e. The van der Waals surface area contributed by atoms with E-state index in [-0.39, 0.29) is 11.6 Å². The third-order valence-electron chi connectivity index (χ3n) is 3.52. The van der Waals surface area contributed by atoms with E-state index in [0.717, 1.165) is 23.2 Å². The number of carbonyl (C=O) groups excluding carboxylic acids is 1. The molecule has 25 heavy (non-hydrogen) atoms. The molecular weight excluding hydrogens is 325 g/mol. The molecule has 3 aromatic rings. The summed E-state index contributed by atoms with van der Waals surface area (Å²) in [6.45, 7) is 0.368. The van der Waals surface area contributed by atoms with Gasteiger partial charge in [0.2, 0.25) is 5.89 Å². The number of halogens is 1. The predicted molar refractivity (Wildman–Crippen MR) is 88.7 cm³/mol. The molecule has 0 spiro atoms. The molecule has 0 unspecified atom stereocenters. The molecule has 0 bridgehead atoms. The van der Waals surface area contributed by atoms with Crippen LogP contribution in [0.5, 0.6) is 5.75 Å². The molecule has 3 rings (SSSR count). The first kappa shape index (κ1) is 16.6. The fourth-order valence-electron chi connectivity index (χ4n) is 2.19. The number of oxazole rings is 1. The maximum absolute atomic E-state index is 12.8. The first-order valence-corrected chi connectivity index (χ1v) is 7.64. The zero-order valence-corrected chi connectivity index (χ0v) is 13.5. The van der Waals surface area contributed by atoms with Crippen LogP contribution in [0.2, 0.25) is 0 Å². The van der Waals surface area contributed by atoms with E-state index >= 15 is 0 Å². The van der Waals surface area contributed by atoms with Crippen LogP contribution in [0.4, 0.5) is 4.39 Å². The molecule has 1 N–H and O–H groups in total. The fourth-order valence-corrected chi connectivity index (χ4v) is 2.19. The number of aromatic nitrogens is 2. The molecule has 0 radical (unpaired) electrons. The second kappa shape index (κ2) is 7.57. The van der Waals surface area contributed by atoms with Gasteiger partial charge in [0.25, 0.3) is 5.91 Å². The number of rotatable bonds is 6. The normalized spacial score (nSPS) is 10.5. The van der Waals surface area contributed by atoms with Crippen molar-refractivity contribution in [2.24, 2.45) is 0 Å². The summed E-state index contributed by atoms with van der Waals surface area (Å²) < 4.78 is 23.4. The van der Waals surface area contributed by atoms with Gasteiger partial charge >= 0.3 is 0 Å². The van der Waals surface area contributed by atoms with Crippen molar-refractivity contribution in [2.75, 3.05) is 13.7 Å². The summed E-state index contributed by atoms with van der Waals surface area (Å²) in [5.41, 5.74) is 1.73. The Bertz CT molecular complexity index is 845. The monoisotopic (exact) mass is 341 g/mol. The second-order valence-electron chi connectivity index (χ2n) is 5.24. The van der Waals surface area contributed by atoms with Crippen molar-refractivity contribution < 1.29 is 18.3 Å². The highest BCUT2D eigenvalue weighted by Crippen LogP contribution is 2.21. The van der Waals surface area contributed by atoms with E-state index in [1.54, 1.807) is 13.4 Å². The predicted octanol–water partition coefficient (Wildman–Crippen LogP) is 2.86. The Balaban J connectivity index is 1.54. The number of hydrogen-bond acceptors (Lipinski definition) is 5. The molecule has 0 fully saturated rings. The summed E-state index contributed by atoms with van der Waals surface area (Å²) in [6.07, 6.45) is 3.07. The number of nitrogens with one attached hydrogen (secondary N) is 1. The van der Waals surface area contributed by atoms with Gasteiger partial charge in [-0.05, 0) is 36.4 Å². The first-order valence-electron chi connectivity index (χ1n) is 7.64. The van der Waals surface area contributed by atoms with Crippen molar-refractivity contribution in [1.82, 2.24) is 15.3 Å². The Morgan fingerprint density at radius 2 is 2.04 bits per heavy atom. The molecule has 7 heteroatoms. The molecule has 6 nitrogen and oxygen atoms in total. The highest BCUT2D eigenvalue weighted by atomic mass is 19.1. The van der Waals surface area contributed by atoms with Gasteiger partial charge in [0.15, 0.2) is 0 Å². The van der Waals surface area contributed by atoms with Gasteiger partial charge in [0, 0.05) is 18.5 Å². The van der Waals surface area contributed by atoms with E-state index in [4.69, 9.17) is 9.15 Å². The minimum atomic E-state index is -0.481. The van der Waals surface area contributed by atoms with Crippen molar-refractivity contribution in [3.63, 3.8) is 0 Å². The van der Waals surface area contributed by atoms with Gasteiger partial charge in [-0.2, -0.15) is 0 Å². The Kier molecular flexibility index (Phi) is 5.03. The van der Waals surface area contributed by atoms with E-state index in [9.17, 15) is 9.18 Å². The zero-order valence-electron chi connectivity index (χ0n) is 13.5. The Hall–Kier alpha value is -3.22. The standard InChI is InChI=1S/C18H16FN3O3/c1-24-15-5-2-12(3-6-15)18-22-14(11-25-18)8-9-20-17(23)16-7-4-13(19)10-21-16/h2-7,10-11H,8-9H2,1H3,(H,20,23). The number of methoxy groups -OCH3 is 1. The molecule has 0 aliphatic carbocycles. The minimum absolute atomic E-state index is 0.167. The largest absolute Gasteiger partial charge is 0.497 e. The van der Waals surface area contributed by atoms with Crippen molar-refractivity contribution in [3.05, 3.63) is 66.1 Å². The number of ether oxygens (including phenoxy) is 1. The molecule has 1 amide bonds.